The smallest absolute Gasteiger partial charge is 0.0601 e. The number of anilines is 2. The van der Waals surface area contributed by atoms with Gasteiger partial charge >= 0.3 is 0 Å². The minimum absolute atomic E-state index is 0. The highest BCUT2D eigenvalue weighted by atomic mass is 35.5. The molecular weight excluding hydrogens is 196 g/mol. The van der Waals surface area contributed by atoms with Crippen LogP contribution in [0.5, 0.6) is 0 Å². The van der Waals surface area contributed by atoms with Crippen LogP contribution in [0.25, 0.3) is 0 Å². The average molecular weight is 213 g/mol. The summed E-state index contributed by atoms with van der Waals surface area (Å²) in [7, 11) is 1.98. The van der Waals surface area contributed by atoms with Gasteiger partial charge in [0.05, 0.1) is 11.4 Å². The molecule has 1 fully saturated rings. The van der Waals surface area contributed by atoms with Crippen molar-refractivity contribution in [3.8, 4) is 0 Å². The number of halogens is 1. The molecule has 0 aliphatic carbocycles. The third-order valence-electron chi connectivity index (χ3n) is 2.62. The molecule has 1 aliphatic heterocycles. The van der Waals surface area contributed by atoms with E-state index in [4.69, 9.17) is 0 Å². The summed E-state index contributed by atoms with van der Waals surface area (Å²) in [5, 5.41) is 3.23. The van der Waals surface area contributed by atoms with Crippen LogP contribution in [0.4, 0.5) is 11.4 Å². The molecule has 0 bridgehead atoms. The second-order valence-corrected chi connectivity index (χ2v) is 3.46. The number of hydrogen-bond donors (Lipinski definition) is 1. The lowest BCUT2D eigenvalue weighted by atomic mass is 10.2. The minimum Gasteiger partial charge on any atom is -0.386 e. The Kier molecular flexibility index (Phi) is 4.08. The van der Waals surface area contributed by atoms with Gasteiger partial charge in [0.25, 0.3) is 0 Å². The lowest BCUT2D eigenvalue weighted by Crippen LogP contribution is -2.18. The molecule has 0 saturated carbocycles. The van der Waals surface area contributed by atoms with Gasteiger partial charge in [-0.15, -0.1) is 12.4 Å². The second-order valence-electron chi connectivity index (χ2n) is 3.46. The van der Waals surface area contributed by atoms with Crippen LogP contribution in [0, 0.1) is 0 Å². The normalized spacial score (nSPS) is 15.1. The van der Waals surface area contributed by atoms with E-state index in [9.17, 15) is 0 Å². The zero-order chi connectivity index (χ0) is 9.10. The van der Waals surface area contributed by atoms with E-state index >= 15 is 0 Å². The Morgan fingerprint density at radius 2 is 1.79 bits per heavy atom. The summed E-state index contributed by atoms with van der Waals surface area (Å²) >= 11 is 0. The summed E-state index contributed by atoms with van der Waals surface area (Å²) in [6, 6.07) is 8.50. The molecule has 0 spiro atoms. The van der Waals surface area contributed by atoms with Gasteiger partial charge in [-0.3, -0.25) is 0 Å². The summed E-state index contributed by atoms with van der Waals surface area (Å²) in [5.74, 6) is 0. The van der Waals surface area contributed by atoms with Gasteiger partial charge in [0.2, 0.25) is 0 Å². The van der Waals surface area contributed by atoms with Gasteiger partial charge < -0.3 is 10.2 Å². The maximum absolute atomic E-state index is 3.23. The predicted molar refractivity (Wildman–Crippen MR) is 64.7 cm³/mol. The molecule has 0 radical (unpaired) electrons. The quantitative estimate of drug-likeness (QED) is 0.811. The first-order valence-electron chi connectivity index (χ1n) is 4.93. The number of nitrogens with zero attached hydrogens (tertiary/aromatic N) is 1. The van der Waals surface area contributed by atoms with Crippen molar-refractivity contribution in [2.45, 2.75) is 12.8 Å². The van der Waals surface area contributed by atoms with Crippen LogP contribution in [-0.2, 0) is 0 Å². The summed E-state index contributed by atoms with van der Waals surface area (Å²) in [6.07, 6.45) is 2.66. The van der Waals surface area contributed by atoms with E-state index in [0.717, 1.165) is 0 Å². The van der Waals surface area contributed by atoms with Crippen LogP contribution in [0.3, 0.4) is 0 Å². The summed E-state index contributed by atoms with van der Waals surface area (Å²) in [4.78, 5) is 2.45. The van der Waals surface area contributed by atoms with Gasteiger partial charge in [0.1, 0.15) is 0 Å². The fraction of sp³-hybridized carbons (Fsp3) is 0.455. The zero-order valence-electron chi connectivity index (χ0n) is 8.49. The number of hydrogen-bond acceptors (Lipinski definition) is 2. The standard InChI is InChI=1S/C11H16N2.ClH/c1-12-10-6-2-3-7-11(10)13-8-4-5-9-13;/h2-3,6-7,12H,4-5,8-9H2,1H3;1H. The molecule has 0 amide bonds. The van der Waals surface area contributed by atoms with Crippen LogP contribution in [0.1, 0.15) is 12.8 Å². The molecule has 3 heteroatoms. The maximum atomic E-state index is 3.23. The molecule has 14 heavy (non-hydrogen) atoms. The van der Waals surface area contributed by atoms with E-state index in [0.29, 0.717) is 0 Å². The highest BCUT2D eigenvalue weighted by Crippen LogP contribution is 2.27. The van der Waals surface area contributed by atoms with E-state index in [2.05, 4.69) is 34.5 Å². The SMILES string of the molecule is CNc1ccccc1N1CCCC1.Cl. The molecule has 1 N–H and O–H groups in total. The summed E-state index contributed by atoms with van der Waals surface area (Å²) < 4.78 is 0. The number of para-hydroxylation sites is 2. The molecule has 0 unspecified atom stereocenters. The highest BCUT2D eigenvalue weighted by Gasteiger charge is 2.14. The van der Waals surface area contributed by atoms with Gasteiger partial charge in [0, 0.05) is 20.1 Å². The molecule has 1 aliphatic rings. The molecule has 2 rings (SSSR count). The van der Waals surface area contributed by atoms with Gasteiger partial charge in [0.15, 0.2) is 0 Å². The first-order chi connectivity index (χ1) is 6.42. The van der Waals surface area contributed by atoms with E-state index in [1.54, 1.807) is 0 Å². The highest BCUT2D eigenvalue weighted by molar-refractivity contribution is 5.85. The largest absolute Gasteiger partial charge is 0.386 e. The van der Waals surface area contributed by atoms with Crippen molar-refractivity contribution in [1.29, 1.82) is 0 Å². The fourth-order valence-corrected chi connectivity index (χ4v) is 1.92. The van der Waals surface area contributed by atoms with Gasteiger partial charge in [-0.1, -0.05) is 12.1 Å². The van der Waals surface area contributed by atoms with Crippen molar-refractivity contribution in [2.24, 2.45) is 0 Å². The van der Waals surface area contributed by atoms with Crippen molar-refractivity contribution in [3.63, 3.8) is 0 Å². The van der Waals surface area contributed by atoms with Crippen molar-refractivity contribution >= 4 is 23.8 Å². The molecule has 1 saturated heterocycles. The Hall–Kier alpha value is -0.890. The molecule has 1 aromatic carbocycles. The third-order valence-corrected chi connectivity index (χ3v) is 2.62. The summed E-state index contributed by atoms with van der Waals surface area (Å²) in [6.45, 7) is 2.41. The topological polar surface area (TPSA) is 15.3 Å². The van der Waals surface area contributed by atoms with E-state index < -0.39 is 0 Å². The van der Waals surface area contributed by atoms with Crippen LogP contribution in [0.15, 0.2) is 24.3 Å². The number of nitrogens with one attached hydrogen (secondary N) is 1. The molecule has 0 aromatic heterocycles. The van der Waals surface area contributed by atoms with Crippen molar-refractivity contribution < 1.29 is 0 Å². The Bertz CT molecular complexity index is 282. The Balaban J connectivity index is 0.000000980. The van der Waals surface area contributed by atoms with Crippen LogP contribution < -0.4 is 10.2 Å². The molecule has 0 atom stereocenters. The predicted octanol–water partition coefficient (Wildman–Crippen LogP) is 2.75. The number of rotatable bonds is 2. The van der Waals surface area contributed by atoms with Crippen molar-refractivity contribution in [1.82, 2.24) is 0 Å². The van der Waals surface area contributed by atoms with Crippen molar-refractivity contribution in [3.05, 3.63) is 24.3 Å². The minimum atomic E-state index is 0. The lowest BCUT2D eigenvalue weighted by molar-refractivity contribution is 0.949. The molecule has 78 valence electrons. The first kappa shape index (κ1) is 11.2. The lowest BCUT2D eigenvalue weighted by Gasteiger charge is -2.20. The van der Waals surface area contributed by atoms with E-state index in [-0.39, 0.29) is 12.4 Å². The molecule has 2 nitrogen and oxygen atoms in total. The Morgan fingerprint density at radius 1 is 1.14 bits per heavy atom. The van der Waals surface area contributed by atoms with Crippen LogP contribution in [-0.4, -0.2) is 20.1 Å². The average Bonchev–Trinajstić information content (AvgIpc) is 2.70. The van der Waals surface area contributed by atoms with Gasteiger partial charge in [-0.2, -0.15) is 0 Å². The van der Waals surface area contributed by atoms with Crippen LogP contribution in [0.2, 0.25) is 0 Å². The van der Waals surface area contributed by atoms with Gasteiger partial charge in [-0.05, 0) is 25.0 Å². The summed E-state index contributed by atoms with van der Waals surface area (Å²) in [5.41, 5.74) is 2.59. The van der Waals surface area contributed by atoms with E-state index in [1.807, 2.05) is 7.05 Å². The fourth-order valence-electron chi connectivity index (χ4n) is 1.92. The van der Waals surface area contributed by atoms with Crippen LogP contribution >= 0.6 is 12.4 Å². The molecule has 1 heterocycles. The Morgan fingerprint density at radius 3 is 2.43 bits per heavy atom. The van der Waals surface area contributed by atoms with Gasteiger partial charge in [-0.25, -0.2) is 0 Å². The van der Waals surface area contributed by atoms with Crippen molar-refractivity contribution in [2.75, 3.05) is 30.4 Å². The number of benzene rings is 1. The second kappa shape index (κ2) is 5.11. The molecule has 1 aromatic rings. The first-order valence-corrected chi connectivity index (χ1v) is 4.93. The monoisotopic (exact) mass is 212 g/mol. The van der Waals surface area contributed by atoms with E-state index in [1.165, 1.54) is 37.3 Å². The maximum Gasteiger partial charge on any atom is 0.0601 e. The Labute approximate surface area is 91.7 Å². The zero-order valence-corrected chi connectivity index (χ0v) is 9.31. The third kappa shape index (κ3) is 2.13. The molecular formula is C11H17ClN2.